The quantitative estimate of drug-likeness (QED) is 0.358. The lowest BCUT2D eigenvalue weighted by molar-refractivity contribution is 0.588. The largest absolute Gasteiger partial charge is 0.123 e. The number of unbranched alkanes of at least 4 members (excludes halogenated alkanes) is 6. The van der Waals surface area contributed by atoms with Gasteiger partial charge in [0.2, 0.25) is 0 Å². The highest BCUT2D eigenvalue weighted by atomic mass is 14.0. The number of hydrogen-bond acceptors (Lipinski definition) is 0. The molecule has 0 spiro atoms. The van der Waals surface area contributed by atoms with Crippen molar-refractivity contribution < 1.29 is 0 Å². The van der Waals surface area contributed by atoms with E-state index < -0.39 is 0 Å². The van der Waals surface area contributed by atoms with Crippen LogP contribution in [-0.4, -0.2) is 0 Å². The van der Waals surface area contributed by atoms with Crippen LogP contribution >= 0.6 is 0 Å². The summed E-state index contributed by atoms with van der Waals surface area (Å²) in [6, 6.07) is 0. The van der Waals surface area contributed by atoms with Gasteiger partial charge < -0.3 is 0 Å². The van der Waals surface area contributed by atoms with E-state index in [4.69, 9.17) is 0 Å². The summed E-state index contributed by atoms with van der Waals surface area (Å²) < 4.78 is 0. The first-order chi connectivity index (χ1) is 7.16. The van der Waals surface area contributed by atoms with Crippen LogP contribution < -0.4 is 0 Å². The van der Waals surface area contributed by atoms with E-state index in [-0.39, 0.29) is 0 Å². The van der Waals surface area contributed by atoms with Gasteiger partial charge in [-0.3, -0.25) is 0 Å². The van der Waals surface area contributed by atoms with Crippen molar-refractivity contribution in [1.82, 2.24) is 0 Å². The maximum Gasteiger partial charge on any atom is -0.0247 e. The Labute approximate surface area is 96.5 Å². The summed E-state index contributed by atoms with van der Waals surface area (Å²) in [5, 5.41) is 0. The maximum atomic E-state index is 3.39. The Bertz CT molecular complexity index is 200. The first-order valence-electron chi connectivity index (χ1n) is 6.56. The fraction of sp³-hybridized carbons (Fsp3) is 0.800. The van der Waals surface area contributed by atoms with Crippen molar-refractivity contribution in [3.8, 4) is 0 Å². The zero-order chi connectivity index (χ0) is 11.5. The van der Waals surface area contributed by atoms with Crippen LogP contribution in [0, 0.1) is 0 Å². The van der Waals surface area contributed by atoms with Crippen LogP contribution in [0.3, 0.4) is 0 Å². The van der Waals surface area contributed by atoms with Gasteiger partial charge in [0.25, 0.3) is 0 Å². The highest BCUT2D eigenvalue weighted by Crippen LogP contribution is 2.11. The van der Waals surface area contributed by atoms with Crippen LogP contribution in [0.15, 0.2) is 16.9 Å². The predicted octanol–water partition coefficient (Wildman–Crippen LogP) is 5.64. The third-order valence-corrected chi connectivity index (χ3v) is 2.62. The van der Waals surface area contributed by atoms with E-state index in [0.717, 1.165) is 0 Å². The zero-order valence-corrected chi connectivity index (χ0v) is 11.2. The molecular weight excluding hydrogens is 180 g/mol. The molecule has 0 bridgehead atoms. The molecule has 0 saturated carbocycles. The third kappa shape index (κ3) is 11.4. The van der Waals surface area contributed by atoms with Crippen molar-refractivity contribution in [1.29, 1.82) is 0 Å². The van der Waals surface area contributed by atoms with Gasteiger partial charge in [0, 0.05) is 0 Å². The van der Waals surface area contributed by atoms with E-state index in [0.29, 0.717) is 0 Å². The standard InChI is InChI=1S/C15H28/c1-5-6-7-8-9-10-11-12-15(4)13-14(2)3/h5-12H2,1-4H3. The van der Waals surface area contributed by atoms with Gasteiger partial charge in [-0.15, -0.1) is 5.73 Å². The summed E-state index contributed by atoms with van der Waals surface area (Å²) in [6.45, 7) is 8.71. The molecule has 0 amide bonds. The molecule has 0 nitrogen and oxygen atoms in total. The highest BCUT2D eigenvalue weighted by Gasteiger charge is 1.92. The summed E-state index contributed by atoms with van der Waals surface area (Å²) in [6.07, 6.45) is 11.0. The van der Waals surface area contributed by atoms with Crippen molar-refractivity contribution in [3.63, 3.8) is 0 Å². The maximum absolute atomic E-state index is 3.39. The second-order valence-electron chi connectivity index (χ2n) is 4.78. The summed E-state index contributed by atoms with van der Waals surface area (Å²) in [7, 11) is 0. The molecule has 0 atom stereocenters. The minimum absolute atomic E-state index is 1.24. The van der Waals surface area contributed by atoms with E-state index >= 15 is 0 Å². The minimum Gasteiger partial charge on any atom is -0.123 e. The molecule has 0 aromatic rings. The Morgan fingerprint density at radius 1 is 0.800 bits per heavy atom. The molecule has 0 aliphatic carbocycles. The molecule has 0 radical (unpaired) electrons. The molecule has 0 saturated heterocycles. The summed E-state index contributed by atoms with van der Waals surface area (Å²) in [5.74, 6) is 0. The Morgan fingerprint density at radius 3 is 1.87 bits per heavy atom. The Balaban J connectivity index is 3.36. The van der Waals surface area contributed by atoms with E-state index in [1.54, 1.807) is 0 Å². The fourth-order valence-electron chi connectivity index (χ4n) is 1.84. The molecular formula is C15H28. The van der Waals surface area contributed by atoms with Crippen LogP contribution in [0.1, 0.15) is 79.1 Å². The van der Waals surface area contributed by atoms with Crippen LogP contribution in [0.2, 0.25) is 0 Å². The van der Waals surface area contributed by atoms with Gasteiger partial charge in [-0.25, -0.2) is 0 Å². The second-order valence-corrected chi connectivity index (χ2v) is 4.78. The average Bonchev–Trinajstić information content (AvgIpc) is 2.15. The van der Waals surface area contributed by atoms with Crippen LogP contribution in [0.25, 0.3) is 0 Å². The molecule has 0 aliphatic heterocycles. The van der Waals surface area contributed by atoms with Gasteiger partial charge in [-0.1, -0.05) is 45.4 Å². The summed E-state index contributed by atoms with van der Waals surface area (Å²) >= 11 is 0. The van der Waals surface area contributed by atoms with Crippen LogP contribution in [0.5, 0.6) is 0 Å². The van der Waals surface area contributed by atoms with Crippen molar-refractivity contribution >= 4 is 0 Å². The van der Waals surface area contributed by atoms with E-state index in [9.17, 15) is 0 Å². The smallest absolute Gasteiger partial charge is 0.0247 e. The van der Waals surface area contributed by atoms with E-state index in [1.165, 1.54) is 62.5 Å². The SMILES string of the molecule is CCCCCCCCCC(C)=C=C(C)C. The normalized spacial score (nSPS) is 9.87. The first-order valence-corrected chi connectivity index (χ1v) is 6.56. The minimum atomic E-state index is 1.24. The summed E-state index contributed by atoms with van der Waals surface area (Å²) in [5.41, 5.74) is 6.11. The Hall–Kier alpha value is -0.480. The molecule has 0 heterocycles. The monoisotopic (exact) mass is 208 g/mol. The lowest BCUT2D eigenvalue weighted by atomic mass is 10.1. The van der Waals surface area contributed by atoms with Gasteiger partial charge in [-0.2, -0.15) is 0 Å². The van der Waals surface area contributed by atoms with Gasteiger partial charge in [0.05, 0.1) is 0 Å². The lowest BCUT2D eigenvalue weighted by Crippen LogP contribution is -1.81. The first kappa shape index (κ1) is 14.5. The average molecular weight is 208 g/mol. The zero-order valence-electron chi connectivity index (χ0n) is 11.2. The number of hydrogen-bond donors (Lipinski definition) is 0. The van der Waals surface area contributed by atoms with Crippen molar-refractivity contribution in [2.24, 2.45) is 0 Å². The van der Waals surface area contributed by atoms with Crippen molar-refractivity contribution in [3.05, 3.63) is 16.9 Å². The molecule has 15 heavy (non-hydrogen) atoms. The van der Waals surface area contributed by atoms with Gasteiger partial charge >= 0.3 is 0 Å². The molecule has 0 unspecified atom stereocenters. The molecule has 0 fully saturated rings. The van der Waals surface area contributed by atoms with E-state index in [2.05, 4.69) is 33.4 Å². The van der Waals surface area contributed by atoms with Crippen LogP contribution in [-0.2, 0) is 0 Å². The number of rotatable bonds is 8. The fourth-order valence-corrected chi connectivity index (χ4v) is 1.84. The van der Waals surface area contributed by atoms with Gasteiger partial charge in [-0.05, 0) is 44.8 Å². The molecule has 0 heteroatoms. The molecule has 0 aliphatic rings. The molecule has 0 rings (SSSR count). The van der Waals surface area contributed by atoms with Gasteiger partial charge in [0.15, 0.2) is 0 Å². The Kier molecular flexibility index (Phi) is 9.73. The topological polar surface area (TPSA) is 0 Å². The molecule has 88 valence electrons. The van der Waals surface area contributed by atoms with Crippen LogP contribution in [0.4, 0.5) is 0 Å². The van der Waals surface area contributed by atoms with Crippen molar-refractivity contribution in [2.45, 2.75) is 79.1 Å². The molecule has 0 aromatic heterocycles. The third-order valence-electron chi connectivity index (χ3n) is 2.62. The Morgan fingerprint density at radius 2 is 1.33 bits per heavy atom. The second kappa shape index (κ2) is 10.1. The summed E-state index contributed by atoms with van der Waals surface area (Å²) in [4.78, 5) is 0. The van der Waals surface area contributed by atoms with Crippen molar-refractivity contribution in [2.75, 3.05) is 0 Å². The number of allylic oxidation sites excluding steroid dienone is 1. The lowest BCUT2D eigenvalue weighted by Gasteiger charge is -2.00. The molecule has 0 aromatic carbocycles. The van der Waals surface area contributed by atoms with E-state index in [1.807, 2.05) is 0 Å². The highest BCUT2D eigenvalue weighted by molar-refractivity contribution is 5.03. The molecule has 0 N–H and O–H groups in total. The predicted molar refractivity (Wildman–Crippen MR) is 70.2 cm³/mol. The van der Waals surface area contributed by atoms with Gasteiger partial charge in [0.1, 0.15) is 0 Å².